The molecule has 0 saturated carbocycles. The minimum Gasteiger partial charge on any atom is -0.339 e. The molecule has 4 aromatic rings. The molecule has 0 N–H and O–H groups in total. The van der Waals surface area contributed by atoms with Crippen molar-refractivity contribution in [3.8, 4) is 11.4 Å². The van der Waals surface area contributed by atoms with Gasteiger partial charge in [0.2, 0.25) is 11.8 Å². The largest absolute Gasteiger partial charge is 0.339 e. The molecule has 0 bridgehead atoms. The summed E-state index contributed by atoms with van der Waals surface area (Å²) in [6, 6.07) is 30.0. The summed E-state index contributed by atoms with van der Waals surface area (Å²) in [5.74, 6) is 1.55. The molecule has 41 heavy (non-hydrogen) atoms. The van der Waals surface area contributed by atoms with Crippen LogP contribution in [-0.4, -0.2) is 67.8 Å². The third-order valence-electron chi connectivity index (χ3n) is 7.61. The number of piperazine rings is 1. The van der Waals surface area contributed by atoms with Crippen molar-refractivity contribution in [1.82, 2.24) is 24.6 Å². The summed E-state index contributed by atoms with van der Waals surface area (Å²) in [5.41, 5.74) is 3.03. The zero-order valence-corrected chi connectivity index (χ0v) is 24.5. The van der Waals surface area contributed by atoms with E-state index in [-0.39, 0.29) is 23.8 Å². The number of carbonyl (C=O) groups excluding carboxylic acids is 2. The standard InChI is InChI=1S/C33H37N5O2S/c1-3-37-31(28-18-11-6-12-19-28)34-35-33(37)41-23-13-20-29(39)36-21-22-38(25(2)24-36)32(40)30(26-14-7-4-8-15-26)27-16-9-5-10-17-27/h4-12,14-19,25,30H,3,13,20-24H2,1-2H3. The van der Waals surface area contributed by atoms with Crippen molar-refractivity contribution in [3.63, 3.8) is 0 Å². The Morgan fingerprint density at radius 3 is 2.07 bits per heavy atom. The lowest BCUT2D eigenvalue weighted by Gasteiger charge is -2.41. The lowest BCUT2D eigenvalue weighted by atomic mass is 9.89. The molecule has 0 aliphatic carbocycles. The van der Waals surface area contributed by atoms with Gasteiger partial charge < -0.3 is 14.4 Å². The van der Waals surface area contributed by atoms with E-state index in [0.29, 0.717) is 26.1 Å². The fraction of sp³-hybridized carbons (Fsp3) is 0.333. The van der Waals surface area contributed by atoms with Gasteiger partial charge in [-0.3, -0.25) is 9.59 Å². The first-order valence-electron chi connectivity index (χ1n) is 14.4. The first kappa shape index (κ1) is 28.6. The molecule has 2 amide bonds. The van der Waals surface area contributed by atoms with E-state index in [1.807, 2.05) is 108 Å². The molecule has 1 fully saturated rings. The van der Waals surface area contributed by atoms with Crippen molar-refractivity contribution < 1.29 is 9.59 Å². The smallest absolute Gasteiger partial charge is 0.234 e. The molecule has 5 rings (SSSR count). The molecule has 0 radical (unpaired) electrons. The van der Waals surface area contributed by atoms with Crippen LogP contribution >= 0.6 is 11.8 Å². The van der Waals surface area contributed by atoms with Gasteiger partial charge in [-0.1, -0.05) is 103 Å². The molecule has 1 atom stereocenters. The van der Waals surface area contributed by atoms with Gasteiger partial charge in [-0.05, 0) is 31.4 Å². The second-order valence-electron chi connectivity index (χ2n) is 10.3. The number of benzene rings is 3. The molecule has 1 aliphatic rings. The summed E-state index contributed by atoms with van der Waals surface area (Å²) >= 11 is 1.65. The fourth-order valence-electron chi connectivity index (χ4n) is 5.47. The summed E-state index contributed by atoms with van der Waals surface area (Å²) in [6.45, 7) is 6.58. The second kappa shape index (κ2) is 13.6. The van der Waals surface area contributed by atoms with Crippen molar-refractivity contribution in [3.05, 3.63) is 102 Å². The van der Waals surface area contributed by atoms with Gasteiger partial charge in [0.05, 0.1) is 5.92 Å². The molecule has 1 aliphatic heterocycles. The first-order chi connectivity index (χ1) is 20.1. The highest BCUT2D eigenvalue weighted by molar-refractivity contribution is 7.99. The minimum absolute atomic E-state index is 0.0518. The van der Waals surface area contributed by atoms with Gasteiger partial charge in [0.25, 0.3) is 0 Å². The van der Waals surface area contributed by atoms with E-state index >= 15 is 0 Å². The second-order valence-corrected chi connectivity index (χ2v) is 11.4. The quantitative estimate of drug-likeness (QED) is 0.181. The highest BCUT2D eigenvalue weighted by Gasteiger charge is 2.34. The Balaban J connectivity index is 1.14. The summed E-state index contributed by atoms with van der Waals surface area (Å²) < 4.78 is 2.12. The van der Waals surface area contributed by atoms with E-state index in [1.165, 1.54) is 0 Å². The predicted octanol–water partition coefficient (Wildman–Crippen LogP) is 5.73. The van der Waals surface area contributed by atoms with Crippen LogP contribution in [0.1, 0.15) is 43.7 Å². The van der Waals surface area contributed by atoms with E-state index in [0.717, 1.165) is 46.4 Å². The van der Waals surface area contributed by atoms with Gasteiger partial charge >= 0.3 is 0 Å². The molecular weight excluding hydrogens is 530 g/mol. The average molecular weight is 568 g/mol. The Morgan fingerprint density at radius 2 is 1.49 bits per heavy atom. The van der Waals surface area contributed by atoms with E-state index in [9.17, 15) is 9.59 Å². The Kier molecular flexibility index (Phi) is 9.51. The van der Waals surface area contributed by atoms with Gasteiger partial charge in [-0.15, -0.1) is 10.2 Å². The number of hydrogen-bond acceptors (Lipinski definition) is 5. The van der Waals surface area contributed by atoms with Crippen LogP contribution in [0, 0.1) is 0 Å². The third kappa shape index (κ3) is 6.70. The number of hydrogen-bond donors (Lipinski definition) is 0. The maximum absolute atomic E-state index is 13.9. The van der Waals surface area contributed by atoms with E-state index in [4.69, 9.17) is 0 Å². The Hall–Kier alpha value is -3.91. The number of rotatable bonds is 10. The van der Waals surface area contributed by atoms with Crippen LogP contribution in [0.25, 0.3) is 11.4 Å². The molecule has 1 saturated heterocycles. The molecular formula is C33H37N5O2S. The van der Waals surface area contributed by atoms with Crippen LogP contribution in [-0.2, 0) is 16.1 Å². The highest BCUT2D eigenvalue weighted by Crippen LogP contribution is 2.29. The third-order valence-corrected chi connectivity index (χ3v) is 8.66. The topological polar surface area (TPSA) is 71.3 Å². The van der Waals surface area contributed by atoms with Crippen molar-refractivity contribution in [2.24, 2.45) is 0 Å². The Bertz CT molecular complexity index is 1390. The average Bonchev–Trinajstić information content (AvgIpc) is 3.43. The van der Waals surface area contributed by atoms with E-state index in [2.05, 4.69) is 21.7 Å². The number of thioether (sulfide) groups is 1. The van der Waals surface area contributed by atoms with Crippen LogP contribution in [0.3, 0.4) is 0 Å². The zero-order chi connectivity index (χ0) is 28.6. The van der Waals surface area contributed by atoms with Crippen LogP contribution in [0.5, 0.6) is 0 Å². The Morgan fingerprint density at radius 1 is 0.878 bits per heavy atom. The molecule has 3 aromatic carbocycles. The summed E-state index contributed by atoms with van der Waals surface area (Å²) in [5, 5.41) is 9.70. The summed E-state index contributed by atoms with van der Waals surface area (Å²) in [7, 11) is 0. The number of carbonyl (C=O) groups is 2. The number of aromatic nitrogens is 3. The number of nitrogens with zero attached hydrogens (tertiary/aromatic N) is 5. The lowest BCUT2D eigenvalue weighted by molar-refractivity contribution is -0.142. The molecule has 2 heterocycles. The maximum Gasteiger partial charge on any atom is 0.234 e. The van der Waals surface area contributed by atoms with Gasteiger partial charge in [-0.25, -0.2) is 0 Å². The SMILES string of the molecule is CCn1c(SCCCC(=O)N2CCN(C(=O)C(c3ccccc3)c3ccccc3)C(C)C2)nnc1-c1ccccc1. The fourth-order valence-corrected chi connectivity index (χ4v) is 6.41. The highest BCUT2D eigenvalue weighted by atomic mass is 32.2. The van der Waals surface area contributed by atoms with Crippen LogP contribution < -0.4 is 0 Å². The molecule has 1 aromatic heterocycles. The number of amides is 2. The van der Waals surface area contributed by atoms with Gasteiger partial charge in [0.15, 0.2) is 11.0 Å². The van der Waals surface area contributed by atoms with E-state index < -0.39 is 0 Å². The van der Waals surface area contributed by atoms with Crippen LogP contribution in [0.2, 0.25) is 0 Å². The van der Waals surface area contributed by atoms with Crippen molar-refractivity contribution in [1.29, 1.82) is 0 Å². The molecule has 7 nitrogen and oxygen atoms in total. The lowest BCUT2D eigenvalue weighted by Crippen LogP contribution is -2.56. The normalized spacial score (nSPS) is 15.3. The van der Waals surface area contributed by atoms with Gasteiger partial charge in [0, 0.05) is 50.0 Å². The molecule has 1 unspecified atom stereocenters. The maximum atomic E-state index is 13.9. The summed E-state index contributed by atoms with van der Waals surface area (Å²) in [6.07, 6.45) is 1.24. The predicted molar refractivity (Wildman–Crippen MR) is 164 cm³/mol. The molecule has 212 valence electrons. The van der Waals surface area contributed by atoms with E-state index in [1.54, 1.807) is 11.8 Å². The van der Waals surface area contributed by atoms with Crippen molar-refractivity contribution in [2.75, 3.05) is 25.4 Å². The van der Waals surface area contributed by atoms with Crippen LogP contribution in [0.4, 0.5) is 0 Å². The van der Waals surface area contributed by atoms with Crippen molar-refractivity contribution in [2.45, 2.75) is 50.4 Å². The van der Waals surface area contributed by atoms with Crippen molar-refractivity contribution >= 4 is 23.6 Å². The Labute approximate surface area is 246 Å². The van der Waals surface area contributed by atoms with Crippen LogP contribution in [0.15, 0.2) is 96.2 Å². The minimum atomic E-state index is -0.355. The molecule has 0 spiro atoms. The summed E-state index contributed by atoms with van der Waals surface area (Å²) in [4.78, 5) is 30.9. The molecule has 8 heteroatoms. The van der Waals surface area contributed by atoms with Gasteiger partial charge in [-0.2, -0.15) is 0 Å². The first-order valence-corrected chi connectivity index (χ1v) is 15.3. The zero-order valence-electron chi connectivity index (χ0n) is 23.7. The monoisotopic (exact) mass is 567 g/mol. The van der Waals surface area contributed by atoms with Gasteiger partial charge in [0.1, 0.15) is 0 Å².